The highest BCUT2D eigenvalue weighted by Crippen LogP contribution is 2.43. The number of H-pyrrole nitrogens is 1. The third-order valence-electron chi connectivity index (χ3n) is 3.63. The fraction of sp³-hybridized carbons (Fsp3) is 0.667. The van der Waals surface area contributed by atoms with E-state index in [-0.39, 0.29) is 17.6 Å². The fourth-order valence-corrected chi connectivity index (χ4v) is 2.90. The highest BCUT2D eigenvalue weighted by Gasteiger charge is 2.42. The summed E-state index contributed by atoms with van der Waals surface area (Å²) in [5.74, 6) is 1.08. The van der Waals surface area contributed by atoms with Crippen LogP contribution in [0.25, 0.3) is 0 Å². The lowest BCUT2D eigenvalue weighted by Crippen LogP contribution is -2.23. The van der Waals surface area contributed by atoms with Crippen LogP contribution in [-0.4, -0.2) is 29.2 Å². The summed E-state index contributed by atoms with van der Waals surface area (Å²) in [6, 6.07) is 1.55. The molecule has 3 atom stereocenters. The Morgan fingerprint density at radius 3 is 3.12 bits per heavy atom. The monoisotopic (exact) mass is 235 g/mol. The van der Waals surface area contributed by atoms with Gasteiger partial charge in [0.1, 0.15) is 5.82 Å². The van der Waals surface area contributed by atoms with Gasteiger partial charge in [0.25, 0.3) is 5.56 Å². The third kappa shape index (κ3) is 2.00. The second-order valence-electron chi connectivity index (χ2n) is 4.87. The van der Waals surface area contributed by atoms with Crippen molar-refractivity contribution in [3.05, 3.63) is 27.9 Å². The number of fused-ring (bicyclic) bond motifs is 2. The molecule has 1 aromatic heterocycles. The maximum atomic E-state index is 11.6. The van der Waals surface area contributed by atoms with Crippen molar-refractivity contribution >= 4 is 0 Å². The number of nitrogens with one attached hydrogen (secondary N) is 2. The molecule has 5 heteroatoms. The Balaban J connectivity index is 1.89. The van der Waals surface area contributed by atoms with Crippen LogP contribution in [0.1, 0.15) is 36.7 Å². The fourth-order valence-electron chi connectivity index (χ4n) is 2.90. The number of ether oxygens (including phenoxy) is 1. The van der Waals surface area contributed by atoms with Gasteiger partial charge in [0, 0.05) is 18.5 Å². The van der Waals surface area contributed by atoms with Gasteiger partial charge >= 0.3 is 0 Å². The summed E-state index contributed by atoms with van der Waals surface area (Å²) in [6.45, 7) is 0.624. The summed E-state index contributed by atoms with van der Waals surface area (Å²) in [6.07, 6.45) is 3.88. The molecule has 5 nitrogen and oxygen atoms in total. The normalized spacial score (nSPS) is 31.0. The van der Waals surface area contributed by atoms with Gasteiger partial charge in [-0.2, -0.15) is 0 Å². The van der Waals surface area contributed by atoms with E-state index in [0.29, 0.717) is 12.6 Å². The predicted molar refractivity (Wildman–Crippen MR) is 62.9 cm³/mol. The number of rotatable bonds is 3. The van der Waals surface area contributed by atoms with Gasteiger partial charge in [0.15, 0.2) is 0 Å². The molecular weight excluding hydrogens is 218 g/mol. The van der Waals surface area contributed by atoms with Gasteiger partial charge < -0.3 is 15.0 Å². The smallest absolute Gasteiger partial charge is 0.251 e. The molecule has 2 bridgehead atoms. The topological polar surface area (TPSA) is 67.0 Å². The van der Waals surface area contributed by atoms with Crippen molar-refractivity contribution < 1.29 is 4.74 Å². The average molecular weight is 235 g/mol. The molecule has 2 aliphatic heterocycles. The third-order valence-corrected chi connectivity index (χ3v) is 3.63. The summed E-state index contributed by atoms with van der Waals surface area (Å²) in [5, 5.41) is 3.02. The zero-order valence-corrected chi connectivity index (χ0v) is 9.90. The van der Waals surface area contributed by atoms with Crippen LogP contribution in [-0.2, 0) is 11.3 Å². The molecule has 2 fully saturated rings. The number of aromatic nitrogens is 2. The molecule has 2 aliphatic rings. The van der Waals surface area contributed by atoms with Crippen molar-refractivity contribution in [3.63, 3.8) is 0 Å². The molecule has 0 aliphatic carbocycles. The Bertz CT molecular complexity index is 471. The van der Waals surface area contributed by atoms with Crippen LogP contribution in [0.2, 0.25) is 0 Å². The van der Waals surface area contributed by atoms with E-state index in [1.807, 2.05) is 7.05 Å². The molecule has 0 saturated carbocycles. The number of hydrogen-bond acceptors (Lipinski definition) is 4. The first-order valence-corrected chi connectivity index (χ1v) is 6.16. The van der Waals surface area contributed by atoms with Gasteiger partial charge in [-0.25, -0.2) is 4.98 Å². The van der Waals surface area contributed by atoms with Crippen LogP contribution in [0.5, 0.6) is 0 Å². The Hall–Kier alpha value is -1.20. The first kappa shape index (κ1) is 10.9. The van der Waals surface area contributed by atoms with Crippen molar-refractivity contribution in [2.75, 3.05) is 7.05 Å². The second kappa shape index (κ2) is 4.23. The molecule has 0 aromatic carbocycles. The van der Waals surface area contributed by atoms with Crippen LogP contribution in [0.15, 0.2) is 10.9 Å². The molecule has 0 amide bonds. The lowest BCUT2D eigenvalue weighted by Gasteiger charge is -2.17. The van der Waals surface area contributed by atoms with E-state index < -0.39 is 0 Å². The van der Waals surface area contributed by atoms with Crippen LogP contribution in [0, 0.1) is 0 Å². The van der Waals surface area contributed by atoms with Gasteiger partial charge in [-0.15, -0.1) is 0 Å². The molecule has 3 heterocycles. The van der Waals surface area contributed by atoms with Crippen molar-refractivity contribution in [1.29, 1.82) is 0 Å². The second-order valence-corrected chi connectivity index (χ2v) is 4.87. The van der Waals surface area contributed by atoms with E-state index in [0.717, 1.165) is 30.8 Å². The van der Waals surface area contributed by atoms with E-state index in [9.17, 15) is 4.79 Å². The summed E-state index contributed by atoms with van der Waals surface area (Å²) in [4.78, 5) is 19.0. The lowest BCUT2D eigenvalue weighted by atomic mass is 9.88. The Morgan fingerprint density at radius 2 is 2.47 bits per heavy atom. The summed E-state index contributed by atoms with van der Waals surface area (Å²) >= 11 is 0. The molecule has 1 aromatic rings. The highest BCUT2D eigenvalue weighted by molar-refractivity contribution is 5.11. The summed E-state index contributed by atoms with van der Waals surface area (Å²) in [5.41, 5.74) is 0.733. The van der Waals surface area contributed by atoms with Crippen LogP contribution in [0.3, 0.4) is 0 Å². The van der Waals surface area contributed by atoms with E-state index >= 15 is 0 Å². The highest BCUT2D eigenvalue weighted by atomic mass is 16.5. The van der Waals surface area contributed by atoms with Crippen LogP contribution in [0.4, 0.5) is 0 Å². The van der Waals surface area contributed by atoms with Gasteiger partial charge in [0.2, 0.25) is 0 Å². The van der Waals surface area contributed by atoms with Crippen molar-refractivity contribution in [2.24, 2.45) is 0 Å². The molecule has 3 rings (SSSR count). The number of aromatic amines is 1. The predicted octanol–water partition coefficient (Wildman–Crippen LogP) is 0.524. The first-order chi connectivity index (χ1) is 8.26. The largest absolute Gasteiger partial charge is 0.374 e. The van der Waals surface area contributed by atoms with Crippen molar-refractivity contribution in [1.82, 2.24) is 15.3 Å². The maximum absolute atomic E-state index is 11.6. The Kier molecular flexibility index (Phi) is 2.72. The minimum Gasteiger partial charge on any atom is -0.374 e. The molecule has 0 spiro atoms. The summed E-state index contributed by atoms with van der Waals surface area (Å²) < 4.78 is 5.80. The zero-order valence-electron chi connectivity index (χ0n) is 9.90. The molecular formula is C12H17N3O2. The van der Waals surface area contributed by atoms with E-state index in [1.165, 1.54) is 0 Å². The minimum absolute atomic E-state index is 0.0666. The quantitative estimate of drug-likeness (QED) is 0.801. The Labute approximate surface area is 99.6 Å². The van der Waals surface area contributed by atoms with Gasteiger partial charge in [0.05, 0.1) is 17.9 Å². The standard InChI is InChI=1S/C12H17N3O2/c1-13-6-7-4-11(16)15-12(14-7)9-5-8-2-3-10(9)17-8/h4,8-10,13H,2-3,5-6H2,1H3,(H,14,15,16). The molecule has 3 unspecified atom stereocenters. The molecule has 2 saturated heterocycles. The zero-order chi connectivity index (χ0) is 11.8. The Morgan fingerprint density at radius 1 is 1.59 bits per heavy atom. The molecule has 92 valence electrons. The lowest BCUT2D eigenvalue weighted by molar-refractivity contribution is 0.0998. The van der Waals surface area contributed by atoms with E-state index in [2.05, 4.69) is 15.3 Å². The van der Waals surface area contributed by atoms with Crippen LogP contribution < -0.4 is 10.9 Å². The maximum Gasteiger partial charge on any atom is 0.251 e. The van der Waals surface area contributed by atoms with Crippen molar-refractivity contribution in [3.8, 4) is 0 Å². The van der Waals surface area contributed by atoms with Crippen molar-refractivity contribution in [2.45, 2.75) is 43.9 Å². The van der Waals surface area contributed by atoms with Gasteiger partial charge in [-0.05, 0) is 26.3 Å². The number of nitrogens with zero attached hydrogens (tertiary/aromatic N) is 1. The van der Waals surface area contributed by atoms with Crippen LogP contribution >= 0.6 is 0 Å². The molecule has 2 N–H and O–H groups in total. The first-order valence-electron chi connectivity index (χ1n) is 6.16. The molecule has 0 radical (unpaired) electrons. The van der Waals surface area contributed by atoms with Gasteiger partial charge in [-0.3, -0.25) is 4.79 Å². The molecule has 17 heavy (non-hydrogen) atoms. The number of hydrogen-bond donors (Lipinski definition) is 2. The van der Waals surface area contributed by atoms with Gasteiger partial charge in [-0.1, -0.05) is 0 Å². The summed E-state index contributed by atoms with van der Waals surface area (Å²) in [7, 11) is 1.85. The SMILES string of the molecule is CNCc1cc(=O)[nH]c(C2CC3CCC2O3)n1. The van der Waals surface area contributed by atoms with E-state index in [1.54, 1.807) is 6.07 Å². The average Bonchev–Trinajstić information content (AvgIpc) is 2.90. The minimum atomic E-state index is -0.0666. The van der Waals surface area contributed by atoms with E-state index in [4.69, 9.17) is 4.74 Å².